The summed E-state index contributed by atoms with van der Waals surface area (Å²) < 4.78 is 17.3. The Hall–Kier alpha value is -3.09. The summed E-state index contributed by atoms with van der Waals surface area (Å²) in [7, 11) is 1.50. The van der Waals surface area contributed by atoms with E-state index in [1.807, 2.05) is 52.0 Å². The van der Waals surface area contributed by atoms with E-state index in [2.05, 4.69) is 15.4 Å². The van der Waals surface area contributed by atoms with Gasteiger partial charge >= 0.3 is 0 Å². The molecule has 162 valence electrons. The van der Waals surface area contributed by atoms with Gasteiger partial charge in [0.1, 0.15) is 36.6 Å². The van der Waals surface area contributed by atoms with Gasteiger partial charge in [0.2, 0.25) is 5.88 Å². The van der Waals surface area contributed by atoms with Gasteiger partial charge in [-0.15, -0.1) is 10.2 Å². The lowest BCUT2D eigenvalue weighted by Gasteiger charge is -2.14. The average molecular weight is 414 g/mol. The second-order valence-corrected chi connectivity index (χ2v) is 6.79. The normalized spacial score (nSPS) is 11.6. The number of allylic oxidation sites excluding steroid dienone is 1. The minimum Gasteiger partial charge on any atom is -0.493 e. The summed E-state index contributed by atoms with van der Waals surface area (Å²) in [6.45, 7) is 9.61. The summed E-state index contributed by atoms with van der Waals surface area (Å²) >= 11 is 0. The van der Waals surface area contributed by atoms with Crippen molar-refractivity contribution in [1.29, 1.82) is 0 Å². The number of benzene rings is 1. The summed E-state index contributed by atoms with van der Waals surface area (Å²) in [5.74, 6) is 2.27. The molecule has 0 radical (unpaired) electrons. The van der Waals surface area contributed by atoms with Crippen molar-refractivity contribution in [2.24, 2.45) is 5.16 Å². The van der Waals surface area contributed by atoms with Crippen molar-refractivity contribution in [2.45, 2.75) is 40.5 Å². The van der Waals surface area contributed by atoms with E-state index in [0.29, 0.717) is 37.1 Å². The van der Waals surface area contributed by atoms with Crippen molar-refractivity contribution < 1.29 is 19.0 Å². The van der Waals surface area contributed by atoms with Crippen LogP contribution in [-0.2, 0) is 4.84 Å². The molecule has 0 amide bonds. The number of hydrogen-bond acceptors (Lipinski definition) is 7. The van der Waals surface area contributed by atoms with Gasteiger partial charge in [0.05, 0.1) is 13.2 Å². The molecule has 0 atom stereocenters. The predicted molar refractivity (Wildman–Crippen MR) is 118 cm³/mol. The molecule has 7 nitrogen and oxygen atoms in total. The van der Waals surface area contributed by atoms with Crippen molar-refractivity contribution in [3.05, 3.63) is 53.2 Å². The van der Waals surface area contributed by atoms with Gasteiger partial charge in [-0.25, -0.2) is 0 Å². The summed E-state index contributed by atoms with van der Waals surface area (Å²) in [6, 6.07) is 7.60. The average Bonchev–Trinajstić information content (AvgIpc) is 2.73. The number of nitrogens with zero attached hydrogens (tertiary/aromatic N) is 3. The van der Waals surface area contributed by atoms with Crippen LogP contribution in [0.5, 0.6) is 17.4 Å². The fourth-order valence-electron chi connectivity index (χ4n) is 2.79. The maximum absolute atomic E-state index is 5.99. The molecule has 0 fully saturated rings. The van der Waals surface area contributed by atoms with Crippen molar-refractivity contribution in [2.75, 3.05) is 26.9 Å². The monoisotopic (exact) mass is 413 g/mol. The zero-order chi connectivity index (χ0) is 21.8. The third kappa shape index (κ3) is 7.39. The largest absolute Gasteiger partial charge is 0.493 e. The highest BCUT2D eigenvalue weighted by Crippen LogP contribution is 2.28. The predicted octanol–water partition coefficient (Wildman–Crippen LogP) is 4.66. The Kier molecular flexibility index (Phi) is 9.64. The van der Waals surface area contributed by atoms with E-state index in [-0.39, 0.29) is 0 Å². The third-order valence-electron chi connectivity index (χ3n) is 4.29. The fourth-order valence-corrected chi connectivity index (χ4v) is 2.79. The number of ether oxygens (including phenoxy) is 3. The second kappa shape index (κ2) is 12.5. The summed E-state index contributed by atoms with van der Waals surface area (Å²) in [4.78, 5) is 4.73. The highest BCUT2D eigenvalue weighted by atomic mass is 16.6. The quantitative estimate of drug-likeness (QED) is 0.218. The van der Waals surface area contributed by atoms with Crippen LogP contribution < -0.4 is 14.2 Å². The number of aryl methyl sites for hydroxylation is 2. The molecule has 1 aromatic heterocycles. The SMILES string of the molecule is C/C=C/COc1cc(C)c(OCCCCOc2ccc(/C(C)=N/OC)nn2)c(C)c1. The molecular formula is C23H31N3O4. The van der Waals surface area contributed by atoms with Crippen LogP contribution in [0, 0.1) is 13.8 Å². The van der Waals surface area contributed by atoms with Crippen LogP contribution in [0.3, 0.4) is 0 Å². The molecule has 7 heteroatoms. The van der Waals surface area contributed by atoms with E-state index < -0.39 is 0 Å². The maximum Gasteiger partial charge on any atom is 0.233 e. The van der Waals surface area contributed by atoms with Crippen molar-refractivity contribution in [3.8, 4) is 17.4 Å². The van der Waals surface area contributed by atoms with Crippen LogP contribution >= 0.6 is 0 Å². The highest BCUT2D eigenvalue weighted by Gasteiger charge is 2.07. The molecule has 0 unspecified atom stereocenters. The molecule has 0 aliphatic rings. The van der Waals surface area contributed by atoms with E-state index in [4.69, 9.17) is 19.0 Å². The van der Waals surface area contributed by atoms with Gasteiger partial charge in [0, 0.05) is 6.07 Å². The molecule has 0 aliphatic heterocycles. The van der Waals surface area contributed by atoms with Gasteiger partial charge in [0.15, 0.2) is 0 Å². The van der Waals surface area contributed by atoms with Gasteiger partial charge in [0.25, 0.3) is 0 Å². The topological polar surface area (TPSA) is 75.1 Å². The lowest BCUT2D eigenvalue weighted by atomic mass is 10.1. The van der Waals surface area contributed by atoms with Crippen molar-refractivity contribution in [1.82, 2.24) is 10.2 Å². The van der Waals surface area contributed by atoms with Crippen LogP contribution in [0.1, 0.15) is 43.5 Å². The molecule has 0 saturated carbocycles. The Labute approximate surface area is 178 Å². The lowest BCUT2D eigenvalue weighted by Crippen LogP contribution is -2.06. The first-order chi connectivity index (χ1) is 14.5. The number of hydrogen-bond donors (Lipinski definition) is 0. The molecule has 2 rings (SSSR count). The number of oxime groups is 1. The van der Waals surface area contributed by atoms with Crippen LogP contribution in [0.4, 0.5) is 0 Å². The Morgan fingerprint density at radius 1 is 1.00 bits per heavy atom. The zero-order valence-corrected chi connectivity index (χ0v) is 18.5. The molecule has 0 saturated heterocycles. The van der Waals surface area contributed by atoms with Gasteiger partial charge in [-0.05, 0) is 69.9 Å². The molecule has 2 aromatic rings. The van der Waals surface area contributed by atoms with Crippen molar-refractivity contribution in [3.63, 3.8) is 0 Å². The molecular weight excluding hydrogens is 382 g/mol. The number of unbranched alkanes of at least 4 members (excludes halogenated alkanes) is 1. The first-order valence-electron chi connectivity index (χ1n) is 10.1. The second-order valence-electron chi connectivity index (χ2n) is 6.79. The first kappa shape index (κ1) is 23.2. The minimum atomic E-state index is 0.491. The Balaban J connectivity index is 1.72. The Morgan fingerprint density at radius 2 is 1.70 bits per heavy atom. The Morgan fingerprint density at radius 3 is 2.30 bits per heavy atom. The third-order valence-corrected chi connectivity index (χ3v) is 4.29. The van der Waals surface area contributed by atoms with Crippen LogP contribution in [0.25, 0.3) is 0 Å². The molecule has 0 bridgehead atoms. The highest BCUT2D eigenvalue weighted by molar-refractivity contribution is 5.96. The van der Waals surface area contributed by atoms with E-state index in [1.165, 1.54) is 7.11 Å². The minimum absolute atomic E-state index is 0.491. The first-order valence-corrected chi connectivity index (χ1v) is 10.1. The van der Waals surface area contributed by atoms with Gasteiger partial charge in [-0.2, -0.15) is 0 Å². The Bertz CT molecular complexity index is 825. The fraction of sp³-hybridized carbons (Fsp3) is 0.435. The zero-order valence-electron chi connectivity index (χ0n) is 18.5. The molecule has 30 heavy (non-hydrogen) atoms. The number of rotatable bonds is 12. The standard InChI is InChI=1S/C23H31N3O4/c1-6-7-12-28-20-15-17(2)23(18(3)16-20)30-14-9-8-13-29-22-11-10-21(24-25-22)19(4)26-27-5/h6-7,10-11,15-16H,8-9,12-14H2,1-5H3/b7-6+,26-19+. The summed E-state index contributed by atoms with van der Waals surface area (Å²) in [5, 5.41) is 12.0. The van der Waals surface area contributed by atoms with Gasteiger partial charge in [-0.3, -0.25) is 0 Å². The maximum atomic E-state index is 5.99. The van der Waals surface area contributed by atoms with Crippen LogP contribution in [-0.4, -0.2) is 42.8 Å². The summed E-state index contributed by atoms with van der Waals surface area (Å²) in [5.41, 5.74) is 3.46. The van der Waals surface area contributed by atoms with Crippen molar-refractivity contribution >= 4 is 5.71 Å². The molecule has 1 heterocycles. The van der Waals surface area contributed by atoms with Gasteiger partial charge < -0.3 is 19.0 Å². The lowest BCUT2D eigenvalue weighted by molar-refractivity contribution is 0.213. The smallest absolute Gasteiger partial charge is 0.233 e. The van der Waals surface area contributed by atoms with E-state index in [1.54, 1.807) is 12.1 Å². The van der Waals surface area contributed by atoms with E-state index >= 15 is 0 Å². The molecule has 1 aromatic carbocycles. The molecule has 0 N–H and O–H groups in total. The van der Waals surface area contributed by atoms with Crippen LogP contribution in [0.2, 0.25) is 0 Å². The molecule has 0 aliphatic carbocycles. The van der Waals surface area contributed by atoms with Crippen LogP contribution in [0.15, 0.2) is 41.6 Å². The summed E-state index contributed by atoms with van der Waals surface area (Å²) in [6.07, 6.45) is 5.69. The molecule has 0 spiro atoms. The van der Waals surface area contributed by atoms with E-state index in [0.717, 1.165) is 35.5 Å². The number of aromatic nitrogens is 2. The van der Waals surface area contributed by atoms with Gasteiger partial charge in [-0.1, -0.05) is 17.3 Å². The van der Waals surface area contributed by atoms with E-state index in [9.17, 15) is 0 Å².